The summed E-state index contributed by atoms with van der Waals surface area (Å²) in [7, 11) is 0. The first-order valence-electron chi connectivity index (χ1n) is 7.97. The molecule has 3 rings (SSSR count). The molecule has 0 spiro atoms. The number of morpholine rings is 1. The van der Waals surface area contributed by atoms with Crippen LogP contribution in [0.15, 0.2) is 30.3 Å². The first kappa shape index (κ1) is 15.6. The molecule has 1 fully saturated rings. The van der Waals surface area contributed by atoms with Crippen molar-refractivity contribution in [3.05, 3.63) is 41.7 Å². The molecule has 0 unspecified atom stereocenters. The fourth-order valence-corrected chi connectivity index (χ4v) is 2.66. The van der Waals surface area contributed by atoms with Gasteiger partial charge in [-0.3, -0.25) is 4.79 Å². The van der Waals surface area contributed by atoms with Gasteiger partial charge in [-0.1, -0.05) is 30.3 Å². The van der Waals surface area contributed by atoms with Crippen molar-refractivity contribution in [3.8, 4) is 0 Å². The third-order valence-corrected chi connectivity index (χ3v) is 3.96. The number of nitrogens with zero attached hydrogens (tertiary/aromatic N) is 5. The SMILES string of the molecule is O=C(Cn1nnnc1CCCc1ccccc1)N1CCOCC1. The fraction of sp³-hybridized carbons (Fsp3) is 0.500. The lowest BCUT2D eigenvalue weighted by molar-refractivity contribution is -0.136. The van der Waals surface area contributed by atoms with Crippen molar-refractivity contribution in [2.24, 2.45) is 0 Å². The molecule has 2 heterocycles. The van der Waals surface area contributed by atoms with E-state index in [1.807, 2.05) is 18.2 Å². The van der Waals surface area contributed by atoms with E-state index in [1.54, 1.807) is 9.58 Å². The molecular weight excluding hydrogens is 294 g/mol. The Morgan fingerprint density at radius 1 is 1.13 bits per heavy atom. The minimum absolute atomic E-state index is 0.0462. The lowest BCUT2D eigenvalue weighted by Crippen LogP contribution is -2.42. The zero-order chi connectivity index (χ0) is 15.9. The van der Waals surface area contributed by atoms with Crippen molar-refractivity contribution < 1.29 is 9.53 Å². The van der Waals surface area contributed by atoms with Gasteiger partial charge in [-0.05, 0) is 28.8 Å². The summed E-state index contributed by atoms with van der Waals surface area (Å²) in [5, 5.41) is 11.7. The molecule has 1 saturated heterocycles. The zero-order valence-corrected chi connectivity index (χ0v) is 13.1. The zero-order valence-electron chi connectivity index (χ0n) is 13.1. The van der Waals surface area contributed by atoms with Gasteiger partial charge in [0.15, 0.2) is 5.82 Å². The number of tetrazole rings is 1. The molecule has 0 saturated carbocycles. The second kappa shape index (κ2) is 7.82. The van der Waals surface area contributed by atoms with E-state index in [4.69, 9.17) is 4.74 Å². The highest BCUT2D eigenvalue weighted by Gasteiger charge is 2.19. The number of carbonyl (C=O) groups is 1. The molecule has 0 bridgehead atoms. The van der Waals surface area contributed by atoms with E-state index in [1.165, 1.54) is 5.56 Å². The number of carbonyl (C=O) groups excluding carboxylic acids is 1. The lowest BCUT2D eigenvalue weighted by Gasteiger charge is -2.26. The highest BCUT2D eigenvalue weighted by atomic mass is 16.5. The Balaban J connectivity index is 1.51. The van der Waals surface area contributed by atoms with Gasteiger partial charge in [0.1, 0.15) is 6.54 Å². The van der Waals surface area contributed by atoms with Crippen LogP contribution in [0.3, 0.4) is 0 Å². The van der Waals surface area contributed by atoms with Gasteiger partial charge in [-0.15, -0.1) is 5.10 Å². The number of aromatic nitrogens is 4. The Morgan fingerprint density at radius 2 is 1.91 bits per heavy atom. The predicted octanol–water partition coefficient (Wildman–Crippen LogP) is 0.707. The second-order valence-electron chi connectivity index (χ2n) is 5.59. The molecule has 2 aromatic rings. The maximum absolute atomic E-state index is 12.3. The standard InChI is InChI=1S/C16H21N5O2/c22-16(20-9-11-23-12-10-20)13-21-15(17-18-19-21)8-4-7-14-5-2-1-3-6-14/h1-3,5-6H,4,7-13H2. The Hall–Kier alpha value is -2.28. The molecule has 7 heteroatoms. The Kier molecular flexibility index (Phi) is 5.31. The minimum Gasteiger partial charge on any atom is -0.378 e. The van der Waals surface area contributed by atoms with Gasteiger partial charge < -0.3 is 9.64 Å². The number of hydrogen-bond acceptors (Lipinski definition) is 5. The largest absolute Gasteiger partial charge is 0.378 e. The van der Waals surface area contributed by atoms with Crippen LogP contribution in [0.5, 0.6) is 0 Å². The Morgan fingerprint density at radius 3 is 2.70 bits per heavy atom. The fourth-order valence-electron chi connectivity index (χ4n) is 2.66. The molecule has 1 aliphatic rings. The summed E-state index contributed by atoms with van der Waals surface area (Å²) < 4.78 is 6.88. The lowest BCUT2D eigenvalue weighted by atomic mass is 10.1. The molecule has 23 heavy (non-hydrogen) atoms. The van der Waals surface area contributed by atoms with Crippen molar-refractivity contribution >= 4 is 5.91 Å². The van der Waals surface area contributed by atoms with Gasteiger partial charge in [-0.2, -0.15) is 0 Å². The van der Waals surface area contributed by atoms with Gasteiger partial charge in [0.2, 0.25) is 5.91 Å². The van der Waals surface area contributed by atoms with Crippen LogP contribution in [0, 0.1) is 0 Å². The van der Waals surface area contributed by atoms with Crippen molar-refractivity contribution in [2.45, 2.75) is 25.8 Å². The molecule has 0 N–H and O–H groups in total. The number of rotatable bonds is 6. The van der Waals surface area contributed by atoms with Crippen LogP contribution in [0.2, 0.25) is 0 Å². The van der Waals surface area contributed by atoms with Crippen molar-refractivity contribution in [1.82, 2.24) is 25.1 Å². The number of benzene rings is 1. The van der Waals surface area contributed by atoms with Crippen LogP contribution in [0.25, 0.3) is 0 Å². The van der Waals surface area contributed by atoms with Gasteiger partial charge in [0.05, 0.1) is 13.2 Å². The molecule has 1 aromatic carbocycles. The summed E-state index contributed by atoms with van der Waals surface area (Å²) in [5.41, 5.74) is 1.30. The van der Waals surface area contributed by atoms with Gasteiger partial charge >= 0.3 is 0 Å². The summed E-state index contributed by atoms with van der Waals surface area (Å²) in [6.45, 7) is 2.69. The molecule has 1 amide bonds. The maximum atomic E-state index is 12.3. The average molecular weight is 315 g/mol. The van der Waals surface area contributed by atoms with Crippen molar-refractivity contribution in [1.29, 1.82) is 0 Å². The van der Waals surface area contributed by atoms with E-state index >= 15 is 0 Å². The van der Waals surface area contributed by atoms with Crippen molar-refractivity contribution in [2.75, 3.05) is 26.3 Å². The summed E-state index contributed by atoms with van der Waals surface area (Å²) in [4.78, 5) is 14.1. The van der Waals surface area contributed by atoms with E-state index in [0.717, 1.165) is 25.1 Å². The molecule has 7 nitrogen and oxygen atoms in total. The summed E-state index contributed by atoms with van der Waals surface area (Å²) in [6.07, 6.45) is 2.69. The molecular formula is C16H21N5O2. The van der Waals surface area contributed by atoms with Crippen LogP contribution in [-0.2, 0) is 28.9 Å². The number of ether oxygens (including phenoxy) is 1. The van der Waals surface area contributed by atoms with Gasteiger partial charge in [-0.25, -0.2) is 4.68 Å². The number of hydrogen-bond donors (Lipinski definition) is 0. The van der Waals surface area contributed by atoms with Gasteiger partial charge in [0.25, 0.3) is 0 Å². The summed E-state index contributed by atoms with van der Waals surface area (Å²) >= 11 is 0. The highest BCUT2D eigenvalue weighted by molar-refractivity contribution is 5.76. The minimum atomic E-state index is 0.0462. The van der Waals surface area contributed by atoms with E-state index in [0.29, 0.717) is 26.3 Å². The number of amides is 1. The molecule has 1 aromatic heterocycles. The third-order valence-electron chi connectivity index (χ3n) is 3.96. The van der Waals surface area contributed by atoms with Crippen LogP contribution >= 0.6 is 0 Å². The van der Waals surface area contributed by atoms with Crippen LogP contribution in [0.1, 0.15) is 17.8 Å². The van der Waals surface area contributed by atoms with Crippen LogP contribution in [-0.4, -0.2) is 57.3 Å². The first-order valence-corrected chi connectivity index (χ1v) is 7.97. The summed E-state index contributed by atoms with van der Waals surface area (Å²) in [5.74, 6) is 0.812. The third kappa shape index (κ3) is 4.35. The first-order chi connectivity index (χ1) is 11.3. The smallest absolute Gasteiger partial charge is 0.244 e. The van der Waals surface area contributed by atoms with E-state index in [2.05, 4.69) is 27.7 Å². The molecule has 0 aliphatic carbocycles. The molecule has 122 valence electrons. The van der Waals surface area contributed by atoms with E-state index in [-0.39, 0.29) is 12.5 Å². The van der Waals surface area contributed by atoms with E-state index < -0.39 is 0 Å². The maximum Gasteiger partial charge on any atom is 0.244 e. The highest BCUT2D eigenvalue weighted by Crippen LogP contribution is 2.07. The predicted molar refractivity (Wildman–Crippen MR) is 83.7 cm³/mol. The van der Waals surface area contributed by atoms with Crippen LogP contribution in [0.4, 0.5) is 0 Å². The molecule has 0 atom stereocenters. The normalized spacial score (nSPS) is 14.9. The van der Waals surface area contributed by atoms with Crippen LogP contribution < -0.4 is 0 Å². The monoisotopic (exact) mass is 315 g/mol. The van der Waals surface area contributed by atoms with E-state index in [9.17, 15) is 4.79 Å². The summed E-state index contributed by atoms with van der Waals surface area (Å²) in [6, 6.07) is 10.3. The molecule has 0 radical (unpaired) electrons. The quantitative estimate of drug-likeness (QED) is 0.785. The average Bonchev–Trinajstić information content (AvgIpc) is 3.04. The van der Waals surface area contributed by atoms with Crippen molar-refractivity contribution in [3.63, 3.8) is 0 Å². The Bertz CT molecular complexity index is 622. The second-order valence-corrected chi connectivity index (χ2v) is 5.59. The number of aryl methyl sites for hydroxylation is 2. The Labute approximate surface area is 135 Å². The van der Waals surface area contributed by atoms with Gasteiger partial charge in [0, 0.05) is 19.5 Å². The topological polar surface area (TPSA) is 73.1 Å². The molecule has 1 aliphatic heterocycles.